The predicted molar refractivity (Wildman–Crippen MR) is 130 cm³/mol. The standard InChI is InChI=1S/C26H32N6O/c1-31(2)26-27-16-21(18-10-5-3-6-11-18)23(28-26)19-12-9-15-32(17-19)25(33)24-20-13-7-4-8-14-22(20)29-30-24/h3,5-6,10-11,16,19H,4,7-9,12-15,17H2,1-2H3,(H,29,30)/t19-/m0/s1. The van der Waals surface area contributed by atoms with Crippen LogP contribution in [0, 0.1) is 0 Å². The van der Waals surface area contributed by atoms with E-state index in [-0.39, 0.29) is 11.8 Å². The molecule has 2 aromatic heterocycles. The van der Waals surface area contributed by atoms with E-state index >= 15 is 0 Å². The molecule has 1 fully saturated rings. The molecule has 5 rings (SSSR count). The smallest absolute Gasteiger partial charge is 0.274 e. The molecule has 172 valence electrons. The number of fused-ring (bicyclic) bond motifs is 1. The van der Waals surface area contributed by atoms with Gasteiger partial charge < -0.3 is 9.80 Å². The Morgan fingerprint density at radius 1 is 1.09 bits per heavy atom. The Bertz CT molecular complexity index is 1120. The van der Waals surface area contributed by atoms with Crippen molar-refractivity contribution in [1.29, 1.82) is 0 Å². The van der Waals surface area contributed by atoms with Gasteiger partial charge in [-0.15, -0.1) is 0 Å². The van der Waals surface area contributed by atoms with Crippen molar-refractivity contribution in [2.24, 2.45) is 0 Å². The van der Waals surface area contributed by atoms with Crippen molar-refractivity contribution < 1.29 is 4.79 Å². The SMILES string of the molecule is CN(C)c1ncc(-c2ccccc2)c([C@H]2CCCN(C(=O)c3n[nH]c4c3CCCCC4)C2)n1. The second kappa shape index (κ2) is 9.33. The maximum Gasteiger partial charge on any atom is 0.274 e. The second-order valence-electron chi connectivity index (χ2n) is 9.41. The maximum atomic E-state index is 13.6. The summed E-state index contributed by atoms with van der Waals surface area (Å²) in [7, 11) is 3.92. The number of benzene rings is 1. The number of piperidine rings is 1. The third kappa shape index (κ3) is 4.36. The van der Waals surface area contributed by atoms with Crippen LogP contribution in [-0.4, -0.2) is 58.2 Å². The van der Waals surface area contributed by atoms with Gasteiger partial charge in [-0.25, -0.2) is 9.97 Å². The Hall–Kier alpha value is -3.22. The van der Waals surface area contributed by atoms with Crippen molar-refractivity contribution in [2.75, 3.05) is 32.1 Å². The van der Waals surface area contributed by atoms with Crippen LogP contribution in [0.3, 0.4) is 0 Å². The van der Waals surface area contributed by atoms with Gasteiger partial charge in [0.1, 0.15) is 0 Å². The minimum atomic E-state index is 0.0576. The van der Waals surface area contributed by atoms with Crippen molar-refractivity contribution >= 4 is 11.9 Å². The van der Waals surface area contributed by atoms with Crippen LogP contribution in [0.15, 0.2) is 36.5 Å². The predicted octanol–water partition coefficient (Wildman–Crippen LogP) is 4.22. The summed E-state index contributed by atoms with van der Waals surface area (Å²) >= 11 is 0. The van der Waals surface area contributed by atoms with Gasteiger partial charge in [-0.05, 0) is 44.1 Å². The Morgan fingerprint density at radius 2 is 1.91 bits per heavy atom. The van der Waals surface area contributed by atoms with Crippen LogP contribution in [0.5, 0.6) is 0 Å². The number of aromatic nitrogens is 4. The van der Waals surface area contributed by atoms with Gasteiger partial charge in [0.15, 0.2) is 5.69 Å². The molecule has 0 spiro atoms. The molecule has 0 unspecified atom stereocenters. The molecule has 7 nitrogen and oxygen atoms in total. The Kier molecular flexibility index (Phi) is 6.11. The first-order valence-electron chi connectivity index (χ1n) is 12.1. The summed E-state index contributed by atoms with van der Waals surface area (Å²) in [6.07, 6.45) is 9.34. The van der Waals surface area contributed by atoms with E-state index in [0.717, 1.165) is 66.7 Å². The highest BCUT2D eigenvalue weighted by atomic mass is 16.2. The summed E-state index contributed by atoms with van der Waals surface area (Å²) in [5.41, 5.74) is 6.11. The van der Waals surface area contributed by atoms with Crippen molar-refractivity contribution in [3.05, 3.63) is 59.2 Å². The topological polar surface area (TPSA) is 78.0 Å². The van der Waals surface area contributed by atoms with E-state index in [2.05, 4.69) is 27.3 Å². The number of H-pyrrole nitrogens is 1. The third-order valence-corrected chi connectivity index (χ3v) is 6.89. The monoisotopic (exact) mass is 444 g/mol. The first kappa shape index (κ1) is 21.6. The van der Waals surface area contributed by atoms with Crippen molar-refractivity contribution in [2.45, 2.75) is 50.9 Å². The minimum absolute atomic E-state index is 0.0576. The van der Waals surface area contributed by atoms with Crippen LogP contribution in [0.25, 0.3) is 11.1 Å². The lowest BCUT2D eigenvalue weighted by molar-refractivity contribution is 0.0699. The number of anilines is 1. The quantitative estimate of drug-likeness (QED) is 0.610. The third-order valence-electron chi connectivity index (χ3n) is 6.89. The van der Waals surface area contributed by atoms with Crippen LogP contribution in [0.4, 0.5) is 5.95 Å². The van der Waals surface area contributed by atoms with Gasteiger partial charge in [-0.1, -0.05) is 36.8 Å². The summed E-state index contributed by atoms with van der Waals surface area (Å²) in [6.45, 7) is 1.42. The highest BCUT2D eigenvalue weighted by Crippen LogP contribution is 2.34. The van der Waals surface area contributed by atoms with Crippen LogP contribution < -0.4 is 4.90 Å². The van der Waals surface area contributed by atoms with E-state index in [1.807, 2.05) is 48.3 Å². The summed E-state index contributed by atoms with van der Waals surface area (Å²) in [5.74, 6) is 0.921. The fraction of sp³-hybridized carbons (Fsp3) is 0.462. The molecular weight excluding hydrogens is 412 g/mol. The normalized spacial score (nSPS) is 18.5. The highest BCUT2D eigenvalue weighted by Gasteiger charge is 2.31. The first-order valence-corrected chi connectivity index (χ1v) is 12.1. The molecule has 3 aromatic rings. The number of amides is 1. The zero-order valence-corrected chi connectivity index (χ0v) is 19.5. The van der Waals surface area contributed by atoms with E-state index in [4.69, 9.17) is 4.98 Å². The van der Waals surface area contributed by atoms with Crippen LogP contribution in [0.1, 0.15) is 65.5 Å². The van der Waals surface area contributed by atoms with Gasteiger partial charge in [-0.2, -0.15) is 5.10 Å². The molecule has 33 heavy (non-hydrogen) atoms. The summed E-state index contributed by atoms with van der Waals surface area (Å²) in [4.78, 5) is 27.0. The maximum absolute atomic E-state index is 13.6. The lowest BCUT2D eigenvalue weighted by Gasteiger charge is -2.33. The van der Waals surface area contributed by atoms with Gasteiger partial charge >= 0.3 is 0 Å². The van der Waals surface area contributed by atoms with Gasteiger partial charge in [0.05, 0.1) is 5.69 Å². The number of nitrogens with one attached hydrogen (secondary N) is 1. The Balaban J connectivity index is 1.45. The molecule has 7 heteroatoms. The van der Waals surface area contributed by atoms with Gasteiger partial charge in [0.2, 0.25) is 5.95 Å². The molecule has 0 saturated carbocycles. The molecule has 0 radical (unpaired) electrons. The van der Waals surface area contributed by atoms with Crippen LogP contribution >= 0.6 is 0 Å². The number of likely N-dealkylation sites (tertiary alicyclic amines) is 1. The molecule has 1 aliphatic carbocycles. The second-order valence-corrected chi connectivity index (χ2v) is 9.41. The molecule has 1 aliphatic heterocycles. The van der Waals surface area contributed by atoms with E-state index < -0.39 is 0 Å². The zero-order valence-electron chi connectivity index (χ0n) is 19.5. The number of aryl methyl sites for hydroxylation is 1. The lowest BCUT2D eigenvalue weighted by Crippen LogP contribution is -2.40. The minimum Gasteiger partial charge on any atom is -0.347 e. The van der Waals surface area contributed by atoms with Crippen LogP contribution in [0.2, 0.25) is 0 Å². The number of hydrogen-bond acceptors (Lipinski definition) is 5. The Labute approximate surface area is 195 Å². The first-order chi connectivity index (χ1) is 16.1. The fourth-order valence-electron chi connectivity index (χ4n) is 5.12. The number of aromatic amines is 1. The van der Waals surface area contributed by atoms with Crippen molar-refractivity contribution in [3.63, 3.8) is 0 Å². The molecule has 0 bridgehead atoms. The number of nitrogens with zero attached hydrogens (tertiary/aromatic N) is 5. The molecule has 1 saturated heterocycles. The Morgan fingerprint density at radius 3 is 2.73 bits per heavy atom. The molecule has 1 atom stereocenters. The number of carbonyl (C=O) groups is 1. The average molecular weight is 445 g/mol. The summed E-state index contributed by atoms with van der Waals surface area (Å²) in [5, 5.41) is 7.62. The molecule has 1 N–H and O–H groups in total. The van der Waals surface area contributed by atoms with Crippen LogP contribution in [-0.2, 0) is 12.8 Å². The zero-order chi connectivity index (χ0) is 22.8. The van der Waals surface area contributed by atoms with Crippen molar-refractivity contribution in [1.82, 2.24) is 25.1 Å². The summed E-state index contributed by atoms with van der Waals surface area (Å²) < 4.78 is 0. The number of carbonyl (C=O) groups excluding carboxylic acids is 1. The van der Waals surface area contributed by atoms with E-state index in [0.29, 0.717) is 18.2 Å². The molecule has 3 heterocycles. The lowest BCUT2D eigenvalue weighted by atomic mass is 9.89. The van der Waals surface area contributed by atoms with Gasteiger partial charge in [0.25, 0.3) is 5.91 Å². The molecular formula is C26H32N6O. The number of rotatable bonds is 4. The molecule has 1 aromatic carbocycles. The fourth-order valence-corrected chi connectivity index (χ4v) is 5.12. The van der Waals surface area contributed by atoms with Gasteiger partial charge in [-0.3, -0.25) is 9.89 Å². The van der Waals surface area contributed by atoms with E-state index in [1.165, 1.54) is 12.8 Å². The molecule has 1 amide bonds. The van der Waals surface area contributed by atoms with Gasteiger partial charge in [0, 0.05) is 56.1 Å². The highest BCUT2D eigenvalue weighted by molar-refractivity contribution is 5.94. The van der Waals surface area contributed by atoms with E-state index in [9.17, 15) is 4.79 Å². The largest absolute Gasteiger partial charge is 0.347 e. The average Bonchev–Trinajstić information content (AvgIpc) is 3.11. The number of hydrogen-bond donors (Lipinski definition) is 1. The van der Waals surface area contributed by atoms with E-state index in [1.54, 1.807) is 0 Å². The molecule has 2 aliphatic rings. The van der Waals surface area contributed by atoms with Crippen molar-refractivity contribution in [3.8, 4) is 11.1 Å². The summed E-state index contributed by atoms with van der Waals surface area (Å²) in [6, 6.07) is 10.3.